The molecule has 0 saturated heterocycles. The van der Waals surface area contributed by atoms with Crippen LogP contribution in [-0.4, -0.2) is 20.7 Å². The third kappa shape index (κ3) is 6.13. The fourth-order valence-corrected chi connectivity index (χ4v) is 1.35. The Kier molecular flexibility index (Phi) is 9.56. The molecule has 20 heavy (non-hydrogen) atoms. The summed E-state index contributed by atoms with van der Waals surface area (Å²) in [5.41, 5.74) is 6.02. The molecule has 0 aliphatic rings. The van der Waals surface area contributed by atoms with Gasteiger partial charge in [0.15, 0.2) is 5.82 Å². The highest BCUT2D eigenvalue weighted by molar-refractivity contribution is 5.73. The van der Waals surface area contributed by atoms with Crippen LogP contribution in [0.5, 0.6) is 0 Å². The highest BCUT2D eigenvalue weighted by Gasteiger charge is 2.03. The van der Waals surface area contributed by atoms with Crippen LogP contribution in [0.3, 0.4) is 0 Å². The average Bonchev–Trinajstić information content (AvgIpc) is 2.99. The number of carbonyl (C=O) groups excluding carboxylic acids is 1. The van der Waals surface area contributed by atoms with E-state index in [-0.39, 0.29) is 13.8 Å². The second-order valence-corrected chi connectivity index (χ2v) is 3.41. The van der Waals surface area contributed by atoms with Gasteiger partial charge < -0.3 is 5.73 Å². The molecular formula is C15H26N4O. The molecule has 0 radical (unpaired) electrons. The molecular weight excluding hydrogens is 252 g/mol. The summed E-state index contributed by atoms with van der Waals surface area (Å²) >= 11 is 0. The Labute approximate surface area is 122 Å². The Morgan fingerprint density at radius 2 is 1.80 bits per heavy atom. The van der Waals surface area contributed by atoms with Gasteiger partial charge in [-0.15, -0.1) is 0 Å². The first kappa shape index (κ1) is 17.8. The summed E-state index contributed by atoms with van der Waals surface area (Å²) in [6, 6.07) is 9.67. The van der Waals surface area contributed by atoms with Crippen LogP contribution in [0.2, 0.25) is 0 Å². The summed E-state index contributed by atoms with van der Waals surface area (Å²) in [4.78, 5) is 14.8. The van der Waals surface area contributed by atoms with Crippen molar-refractivity contribution in [2.24, 2.45) is 5.73 Å². The van der Waals surface area contributed by atoms with Gasteiger partial charge in [0, 0.05) is 13.4 Å². The number of aromatic nitrogens is 3. The number of primary amides is 1. The number of amides is 1. The molecule has 5 nitrogen and oxygen atoms in total. The van der Waals surface area contributed by atoms with Crippen molar-refractivity contribution in [2.45, 2.75) is 40.7 Å². The molecule has 5 heteroatoms. The first-order valence-corrected chi connectivity index (χ1v) is 6.99. The van der Waals surface area contributed by atoms with Crippen LogP contribution >= 0.6 is 0 Å². The van der Waals surface area contributed by atoms with Gasteiger partial charge in [-0.3, -0.25) is 9.48 Å². The quantitative estimate of drug-likeness (QED) is 0.933. The number of rotatable bonds is 4. The van der Waals surface area contributed by atoms with Crippen LogP contribution in [0.4, 0.5) is 0 Å². The number of carbonyl (C=O) groups is 1. The summed E-state index contributed by atoms with van der Waals surface area (Å²) in [7, 11) is 0. The number of nitrogens with two attached hydrogens (primary N) is 1. The zero-order valence-corrected chi connectivity index (χ0v) is 12.7. The van der Waals surface area contributed by atoms with Gasteiger partial charge in [0.1, 0.15) is 6.33 Å². The smallest absolute Gasteiger partial charge is 0.219 e. The summed E-state index contributed by atoms with van der Waals surface area (Å²) in [6.45, 7) is 8.47. The predicted octanol–water partition coefficient (Wildman–Crippen LogP) is 3.12. The van der Waals surface area contributed by atoms with Crippen LogP contribution in [0, 0.1) is 0 Å². The average molecular weight is 278 g/mol. The maximum absolute atomic E-state index is 10.6. The molecule has 2 rings (SSSR count). The van der Waals surface area contributed by atoms with E-state index in [1.54, 1.807) is 11.0 Å². The van der Waals surface area contributed by atoms with Gasteiger partial charge >= 0.3 is 0 Å². The van der Waals surface area contributed by atoms with E-state index in [4.69, 9.17) is 5.73 Å². The summed E-state index contributed by atoms with van der Waals surface area (Å²) in [5.74, 6) is 0.321. The summed E-state index contributed by atoms with van der Waals surface area (Å²) < 4.78 is 1.62. The monoisotopic (exact) mass is 278 g/mol. The van der Waals surface area contributed by atoms with E-state index in [2.05, 4.69) is 10.1 Å². The highest BCUT2D eigenvalue weighted by Crippen LogP contribution is 2.12. The molecule has 0 unspecified atom stereocenters. The Morgan fingerprint density at radius 1 is 1.20 bits per heavy atom. The van der Waals surface area contributed by atoms with Crippen LogP contribution in [0.15, 0.2) is 36.7 Å². The van der Waals surface area contributed by atoms with Gasteiger partial charge in [0.05, 0.1) is 6.54 Å². The number of benzene rings is 1. The second kappa shape index (κ2) is 10.7. The lowest BCUT2D eigenvalue weighted by Crippen LogP contribution is -2.14. The molecule has 1 aromatic heterocycles. The lowest BCUT2D eigenvalue weighted by molar-refractivity contribution is -0.118. The topological polar surface area (TPSA) is 73.8 Å². The highest BCUT2D eigenvalue weighted by atomic mass is 16.1. The van der Waals surface area contributed by atoms with Gasteiger partial charge in [-0.05, 0) is 0 Å². The molecule has 0 aliphatic carbocycles. The van der Waals surface area contributed by atoms with Crippen molar-refractivity contribution >= 4 is 5.91 Å². The minimum absolute atomic E-state index is 0. The fourth-order valence-electron chi connectivity index (χ4n) is 1.35. The standard InChI is InChI=1S/C11H12N4O.2C2H6.H2/c12-10(16)6-7-15-8-13-11(14-15)9-4-2-1-3-5-9;2*1-2;/h1-5,8H,6-7H2,(H2,12,16);2*1-2H3;1H. The SMILES string of the molecule is CC.CC.NC(=O)CCn1cnc(-c2ccccc2)n1.[HH]. The van der Waals surface area contributed by atoms with E-state index in [1.165, 1.54) is 0 Å². The first-order valence-electron chi connectivity index (χ1n) is 6.99. The molecule has 112 valence electrons. The molecule has 1 aromatic carbocycles. The minimum Gasteiger partial charge on any atom is -0.370 e. The Morgan fingerprint density at radius 3 is 2.35 bits per heavy atom. The normalized spacial score (nSPS) is 8.80. The second-order valence-electron chi connectivity index (χ2n) is 3.41. The Hall–Kier alpha value is -2.17. The zero-order chi connectivity index (χ0) is 15.4. The number of aryl methyl sites for hydroxylation is 1. The molecule has 0 spiro atoms. The molecule has 0 atom stereocenters. The number of nitrogens with zero attached hydrogens (tertiary/aromatic N) is 3. The van der Waals surface area contributed by atoms with Crippen molar-refractivity contribution in [3.63, 3.8) is 0 Å². The van der Waals surface area contributed by atoms with Gasteiger partial charge in [-0.25, -0.2) is 4.98 Å². The Balaban J connectivity index is 0. The lowest BCUT2D eigenvalue weighted by Gasteiger charge is -1.96. The Bertz CT molecular complexity index is 485. The van der Waals surface area contributed by atoms with Gasteiger partial charge in [-0.1, -0.05) is 58.0 Å². The molecule has 0 fully saturated rings. The van der Waals surface area contributed by atoms with E-state index in [1.807, 2.05) is 58.0 Å². The van der Waals surface area contributed by atoms with Crippen molar-refractivity contribution in [3.8, 4) is 11.4 Å². The molecule has 1 amide bonds. The molecule has 2 aromatic rings. The molecule has 1 heterocycles. The van der Waals surface area contributed by atoms with E-state index >= 15 is 0 Å². The maximum atomic E-state index is 10.6. The van der Waals surface area contributed by atoms with E-state index in [9.17, 15) is 4.79 Å². The summed E-state index contributed by atoms with van der Waals surface area (Å²) in [5, 5.41) is 4.25. The van der Waals surface area contributed by atoms with Crippen molar-refractivity contribution in [1.29, 1.82) is 0 Å². The zero-order valence-electron chi connectivity index (χ0n) is 12.7. The summed E-state index contributed by atoms with van der Waals surface area (Å²) in [6.07, 6.45) is 1.88. The van der Waals surface area contributed by atoms with E-state index in [0.29, 0.717) is 12.4 Å². The molecule has 2 N–H and O–H groups in total. The van der Waals surface area contributed by atoms with Crippen molar-refractivity contribution in [3.05, 3.63) is 36.7 Å². The van der Waals surface area contributed by atoms with E-state index in [0.717, 1.165) is 5.56 Å². The fraction of sp³-hybridized carbons (Fsp3) is 0.400. The van der Waals surface area contributed by atoms with Crippen LogP contribution in [0.1, 0.15) is 35.5 Å². The molecule has 0 aliphatic heterocycles. The van der Waals surface area contributed by atoms with Crippen molar-refractivity contribution in [2.75, 3.05) is 0 Å². The lowest BCUT2D eigenvalue weighted by atomic mass is 10.2. The molecule has 0 bridgehead atoms. The third-order valence-electron chi connectivity index (χ3n) is 2.16. The minimum atomic E-state index is -0.336. The van der Waals surface area contributed by atoms with E-state index < -0.39 is 0 Å². The number of hydrogen-bond acceptors (Lipinski definition) is 3. The number of hydrogen-bond donors (Lipinski definition) is 1. The molecule has 0 saturated carbocycles. The van der Waals surface area contributed by atoms with Crippen LogP contribution in [-0.2, 0) is 11.3 Å². The maximum Gasteiger partial charge on any atom is 0.219 e. The van der Waals surface area contributed by atoms with Crippen molar-refractivity contribution in [1.82, 2.24) is 14.8 Å². The van der Waals surface area contributed by atoms with Gasteiger partial charge in [0.25, 0.3) is 0 Å². The van der Waals surface area contributed by atoms with Crippen LogP contribution < -0.4 is 5.73 Å². The van der Waals surface area contributed by atoms with Crippen LogP contribution in [0.25, 0.3) is 11.4 Å². The van der Waals surface area contributed by atoms with Gasteiger partial charge in [0.2, 0.25) is 5.91 Å². The first-order chi connectivity index (χ1) is 9.75. The third-order valence-corrected chi connectivity index (χ3v) is 2.16. The predicted molar refractivity (Wildman–Crippen MR) is 84.1 cm³/mol. The van der Waals surface area contributed by atoms with Gasteiger partial charge in [-0.2, -0.15) is 5.10 Å². The largest absolute Gasteiger partial charge is 0.370 e. The van der Waals surface area contributed by atoms with Crippen molar-refractivity contribution < 1.29 is 6.22 Å².